The molecule has 0 bridgehead atoms. The van der Waals surface area contributed by atoms with Gasteiger partial charge in [0.15, 0.2) is 0 Å². The summed E-state index contributed by atoms with van der Waals surface area (Å²) in [5, 5.41) is 13.4. The first kappa shape index (κ1) is 12.1. The molecule has 0 saturated carbocycles. The second-order valence-electron chi connectivity index (χ2n) is 5.42. The molecule has 4 N–H and O–H groups in total. The van der Waals surface area contributed by atoms with Crippen LogP contribution >= 0.6 is 0 Å². The van der Waals surface area contributed by atoms with Crippen molar-refractivity contribution in [2.75, 3.05) is 5.32 Å². The molecular formula is C16H15N3O2. The van der Waals surface area contributed by atoms with Crippen molar-refractivity contribution in [2.45, 2.75) is 18.9 Å². The van der Waals surface area contributed by atoms with Gasteiger partial charge in [0, 0.05) is 5.69 Å². The molecule has 0 radical (unpaired) electrons. The average molecular weight is 281 g/mol. The number of fused-ring (bicyclic) bond motifs is 2. The van der Waals surface area contributed by atoms with Crippen LogP contribution < -0.4 is 11.0 Å². The summed E-state index contributed by atoms with van der Waals surface area (Å²) in [6.45, 7) is 0. The minimum Gasteiger partial charge on any atom is -0.508 e. The number of hydrogen-bond acceptors (Lipinski definition) is 3. The molecule has 0 spiro atoms. The van der Waals surface area contributed by atoms with Crippen LogP contribution in [0.25, 0.3) is 11.0 Å². The highest BCUT2D eigenvalue weighted by Gasteiger charge is 2.24. The summed E-state index contributed by atoms with van der Waals surface area (Å²) in [5.41, 5.74) is 4.54. The first-order valence-electron chi connectivity index (χ1n) is 7.00. The van der Waals surface area contributed by atoms with E-state index in [0.717, 1.165) is 40.7 Å². The van der Waals surface area contributed by atoms with Crippen molar-refractivity contribution in [3.8, 4) is 5.75 Å². The maximum absolute atomic E-state index is 11.3. The first-order chi connectivity index (χ1) is 10.2. The number of hydrogen-bond donors (Lipinski definition) is 4. The molecule has 1 atom stereocenters. The van der Waals surface area contributed by atoms with Crippen molar-refractivity contribution in [1.82, 2.24) is 9.97 Å². The van der Waals surface area contributed by atoms with Gasteiger partial charge in [-0.1, -0.05) is 12.1 Å². The minimum absolute atomic E-state index is 0.190. The number of benzene rings is 2. The van der Waals surface area contributed by atoms with Crippen molar-refractivity contribution in [2.24, 2.45) is 0 Å². The van der Waals surface area contributed by atoms with E-state index in [-0.39, 0.29) is 11.7 Å². The molecule has 4 rings (SSSR count). The Bertz CT molecular complexity index is 879. The van der Waals surface area contributed by atoms with E-state index in [1.165, 1.54) is 0 Å². The van der Waals surface area contributed by atoms with Crippen LogP contribution in [0.1, 0.15) is 23.6 Å². The van der Waals surface area contributed by atoms with Crippen LogP contribution in [-0.2, 0) is 6.42 Å². The highest BCUT2D eigenvalue weighted by atomic mass is 16.3. The van der Waals surface area contributed by atoms with E-state index in [1.807, 2.05) is 24.3 Å². The molecule has 0 aliphatic heterocycles. The summed E-state index contributed by atoms with van der Waals surface area (Å²) in [5.74, 6) is 0.377. The summed E-state index contributed by atoms with van der Waals surface area (Å²) in [4.78, 5) is 16.8. The van der Waals surface area contributed by atoms with Gasteiger partial charge in [-0.2, -0.15) is 0 Å². The van der Waals surface area contributed by atoms with E-state index in [2.05, 4.69) is 21.4 Å². The van der Waals surface area contributed by atoms with Crippen molar-refractivity contribution >= 4 is 16.7 Å². The molecule has 5 nitrogen and oxygen atoms in total. The second-order valence-corrected chi connectivity index (χ2v) is 5.42. The van der Waals surface area contributed by atoms with E-state index in [1.54, 1.807) is 6.07 Å². The zero-order valence-electron chi connectivity index (χ0n) is 11.3. The highest BCUT2D eigenvalue weighted by molar-refractivity contribution is 5.78. The second kappa shape index (κ2) is 4.41. The molecule has 2 aromatic carbocycles. The summed E-state index contributed by atoms with van der Waals surface area (Å²) in [6, 6.07) is 11.6. The number of nitrogens with one attached hydrogen (secondary N) is 3. The topological polar surface area (TPSA) is 80.9 Å². The highest BCUT2D eigenvalue weighted by Crippen LogP contribution is 2.38. The molecule has 3 aromatic rings. The minimum atomic E-state index is -0.196. The van der Waals surface area contributed by atoms with Gasteiger partial charge in [0.1, 0.15) is 5.75 Å². The lowest BCUT2D eigenvalue weighted by molar-refractivity contribution is 0.469. The average Bonchev–Trinajstić information content (AvgIpc) is 3.02. The number of phenolic OH excluding ortho intramolecular Hbond substituents is 1. The molecule has 5 heteroatoms. The third-order valence-corrected chi connectivity index (χ3v) is 4.10. The molecule has 0 fully saturated rings. The molecular weight excluding hydrogens is 266 g/mol. The summed E-state index contributed by atoms with van der Waals surface area (Å²) in [7, 11) is 0. The maximum atomic E-state index is 11.3. The van der Waals surface area contributed by atoms with Gasteiger partial charge < -0.3 is 20.4 Å². The predicted molar refractivity (Wildman–Crippen MR) is 81.7 cm³/mol. The van der Waals surface area contributed by atoms with Gasteiger partial charge in [-0.25, -0.2) is 4.79 Å². The zero-order chi connectivity index (χ0) is 14.4. The lowest BCUT2D eigenvalue weighted by atomic mass is 10.1. The quantitative estimate of drug-likeness (QED) is 0.583. The van der Waals surface area contributed by atoms with Crippen molar-refractivity contribution < 1.29 is 5.11 Å². The summed E-state index contributed by atoms with van der Waals surface area (Å²) < 4.78 is 0. The van der Waals surface area contributed by atoms with Crippen molar-refractivity contribution in [1.29, 1.82) is 0 Å². The predicted octanol–water partition coefficient (Wildman–Crippen LogP) is 2.66. The molecule has 106 valence electrons. The number of anilines is 1. The van der Waals surface area contributed by atoms with Crippen LogP contribution in [0.4, 0.5) is 5.69 Å². The Hall–Kier alpha value is -2.69. The lowest BCUT2D eigenvalue weighted by Crippen LogP contribution is -2.06. The fourth-order valence-electron chi connectivity index (χ4n) is 3.11. The van der Waals surface area contributed by atoms with E-state index >= 15 is 0 Å². The Morgan fingerprint density at radius 2 is 2.00 bits per heavy atom. The molecule has 0 saturated heterocycles. The fraction of sp³-hybridized carbons (Fsp3) is 0.188. The summed E-state index contributed by atoms with van der Waals surface area (Å²) >= 11 is 0. The normalized spacial score (nSPS) is 17.0. The SMILES string of the molecule is O=c1[nH]c2ccc(NC3CCc4c(O)cccc43)cc2[nH]1. The Kier molecular flexibility index (Phi) is 2.54. The van der Waals surface area contributed by atoms with Crippen LogP contribution in [0.2, 0.25) is 0 Å². The molecule has 1 aliphatic rings. The third-order valence-electron chi connectivity index (χ3n) is 4.10. The fourth-order valence-corrected chi connectivity index (χ4v) is 3.11. The Balaban J connectivity index is 1.67. The van der Waals surface area contributed by atoms with Gasteiger partial charge in [0.05, 0.1) is 17.1 Å². The van der Waals surface area contributed by atoms with Gasteiger partial charge in [-0.05, 0) is 48.2 Å². The standard InChI is InChI=1S/C16H15N3O2/c20-15-3-1-2-10-11(15)5-7-12(10)17-9-4-6-13-14(8-9)19-16(21)18-13/h1-4,6,8,12,17,20H,5,7H2,(H2,18,19,21). The Morgan fingerprint density at radius 3 is 2.90 bits per heavy atom. The monoisotopic (exact) mass is 281 g/mol. The van der Waals surface area contributed by atoms with Gasteiger partial charge >= 0.3 is 5.69 Å². The smallest absolute Gasteiger partial charge is 0.323 e. The van der Waals surface area contributed by atoms with Gasteiger partial charge in [-0.15, -0.1) is 0 Å². The molecule has 1 heterocycles. The van der Waals surface area contributed by atoms with Gasteiger partial charge in [0.2, 0.25) is 0 Å². The number of rotatable bonds is 2. The summed E-state index contributed by atoms with van der Waals surface area (Å²) in [6.07, 6.45) is 1.83. The number of aromatic hydroxyl groups is 1. The van der Waals surface area contributed by atoms with Gasteiger partial charge in [-0.3, -0.25) is 0 Å². The maximum Gasteiger partial charge on any atom is 0.323 e. The number of aromatic amines is 2. The number of imidazole rings is 1. The molecule has 21 heavy (non-hydrogen) atoms. The zero-order valence-corrected chi connectivity index (χ0v) is 11.3. The Morgan fingerprint density at radius 1 is 1.14 bits per heavy atom. The number of H-pyrrole nitrogens is 2. The van der Waals surface area contributed by atoms with Crippen LogP contribution in [0.5, 0.6) is 5.75 Å². The first-order valence-corrected chi connectivity index (χ1v) is 7.00. The van der Waals surface area contributed by atoms with Crippen molar-refractivity contribution in [3.63, 3.8) is 0 Å². The largest absolute Gasteiger partial charge is 0.508 e. The van der Waals surface area contributed by atoms with Crippen molar-refractivity contribution in [3.05, 3.63) is 58.0 Å². The van der Waals surface area contributed by atoms with E-state index in [9.17, 15) is 9.90 Å². The van der Waals surface area contributed by atoms with E-state index < -0.39 is 0 Å². The Labute approximate surface area is 120 Å². The third kappa shape index (κ3) is 1.98. The van der Waals surface area contributed by atoms with Crippen LogP contribution in [0, 0.1) is 0 Å². The van der Waals surface area contributed by atoms with E-state index in [0.29, 0.717) is 5.75 Å². The van der Waals surface area contributed by atoms with Gasteiger partial charge in [0.25, 0.3) is 0 Å². The molecule has 1 unspecified atom stereocenters. The number of aromatic nitrogens is 2. The van der Waals surface area contributed by atoms with Crippen LogP contribution in [0.15, 0.2) is 41.2 Å². The van der Waals surface area contributed by atoms with E-state index in [4.69, 9.17) is 0 Å². The lowest BCUT2D eigenvalue weighted by Gasteiger charge is -2.15. The van der Waals surface area contributed by atoms with Crippen LogP contribution in [-0.4, -0.2) is 15.1 Å². The molecule has 1 aliphatic carbocycles. The molecule has 0 amide bonds. The molecule has 1 aromatic heterocycles. The number of phenols is 1. The van der Waals surface area contributed by atoms with Crippen LogP contribution in [0.3, 0.4) is 0 Å².